The second-order valence-corrected chi connectivity index (χ2v) is 5.96. The Labute approximate surface area is 112 Å². The second kappa shape index (κ2) is 4.90. The highest BCUT2D eigenvalue weighted by atomic mass is 35.5. The van der Waals surface area contributed by atoms with Crippen molar-refractivity contribution in [1.82, 2.24) is 5.32 Å². The Morgan fingerprint density at radius 2 is 2.17 bits per heavy atom. The van der Waals surface area contributed by atoms with E-state index in [0.717, 1.165) is 16.1 Å². The molecule has 0 radical (unpaired) electrons. The van der Waals surface area contributed by atoms with E-state index in [-0.39, 0.29) is 12.0 Å². The smallest absolute Gasteiger partial charge is 0.324 e. The van der Waals surface area contributed by atoms with Crippen molar-refractivity contribution < 1.29 is 9.53 Å². The number of esters is 1. The van der Waals surface area contributed by atoms with Crippen LogP contribution in [0.15, 0.2) is 18.2 Å². The van der Waals surface area contributed by atoms with Crippen molar-refractivity contribution in [2.24, 2.45) is 0 Å². The first-order valence-corrected chi connectivity index (χ1v) is 6.47. The maximum atomic E-state index is 12.0. The summed E-state index contributed by atoms with van der Waals surface area (Å²) in [6.45, 7) is 6.26. The maximum absolute atomic E-state index is 12.0. The molecule has 0 fully saturated rings. The summed E-state index contributed by atoms with van der Waals surface area (Å²) in [4.78, 5) is 12.0. The van der Waals surface area contributed by atoms with Gasteiger partial charge >= 0.3 is 5.97 Å². The summed E-state index contributed by atoms with van der Waals surface area (Å²) < 4.78 is 5.39. The molecule has 1 aliphatic rings. The summed E-state index contributed by atoms with van der Waals surface area (Å²) >= 11 is 6.17. The Hall–Kier alpha value is -1.06. The molecular weight excluding hydrogens is 250 g/mol. The van der Waals surface area contributed by atoms with E-state index in [9.17, 15) is 4.79 Å². The van der Waals surface area contributed by atoms with Crippen LogP contribution in [0.5, 0.6) is 0 Å². The van der Waals surface area contributed by atoms with Gasteiger partial charge in [0.05, 0.1) is 0 Å². The summed E-state index contributed by atoms with van der Waals surface area (Å²) in [6, 6.07) is 5.50. The van der Waals surface area contributed by atoms with Gasteiger partial charge in [-0.2, -0.15) is 0 Å². The van der Waals surface area contributed by atoms with Crippen LogP contribution in [0.1, 0.15) is 31.9 Å². The van der Waals surface area contributed by atoms with E-state index in [0.29, 0.717) is 13.0 Å². The molecule has 1 N–H and O–H groups in total. The van der Waals surface area contributed by atoms with Crippen molar-refractivity contribution in [2.45, 2.75) is 45.4 Å². The number of fused-ring (bicyclic) bond motifs is 1. The van der Waals surface area contributed by atoms with Crippen molar-refractivity contribution in [2.75, 3.05) is 0 Å². The van der Waals surface area contributed by atoms with Crippen LogP contribution in [0.25, 0.3) is 0 Å². The summed E-state index contributed by atoms with van der Waals surface area (Å²) in [5.41, 5.74) is 1.75. The Morgan fingerprint density at radius 1 is 1.44 bits per heavy atom. The van der Waals surface area contributed by atoms with Gasteiger partial charge in [-0.3, -0.25) is 4.79 Å². The lowest BCUT2D eigenvalue weighted by Crippen LogP contribution is -2.45. The molecule has 98 valence electrons. The number of carbonyl (C=O) groups is 1. The lowest BCUT2D eigenvalue weighted by Gasteiger charge is -2.28. The fraction of sp³-hybridized carbons (Fsp3) is 0.500. The number of carbonyl (C=O) groups excluding carboxylic acids is 1. The highest BCUT2D eigenvalue weighted by molar-refractivity contribution is 6.31. The number of halogens is 1. The van der Waals surface area contributed by atoms with Crippen LogP contribution >= 0.6 is 11.6 Å². The fourth-order valence-electron chi connectivity index (χ4n) is 2.05. The molecule has 1 heterocycles. The molecule has 0 saturated carbocycles. The number of hydrogen-bond donors (Lipinski definition) is 1. The lowest BCUT2D eigenvalue weighted by atomic mass is 9.95. The summed E-state index contributed by atoms with van der Waals surface area (Å²) in [5, 5.41) is 3.92. The standard InChI is InChI=1S/C14H18ClNO2/c1-14(2,3)18-13(17)12-7-10-9(8-16-12)5-4-6-11(10)15/h4-6,12,16H,7-8H2,1-3H3/t12-/m0/s1. The molecule has 1 atom stereocenters. The van der Waals surface area contributed by atoms with Crippen molar-refractivity contribution in [3.63, 3.8) is 0 Å². The van der Waals surface area contributed by atoms with Crippen molar-refractivity contribution in [3.8, 4) is 0 Å². The number of rotatable bonds is 1. The highest BCUT2D eigenvalue weighted by Gasteiger charge is 2.29. The summed E-state index contributed by atoms with van der Waals surface area (Å²) in [7, 11) is 0. The van der Waals surface area contributed by atoms with Gasteiger partial charge in [0.25, 0.3) is 0 Å². The number of hydrogen-bond acceptors (Lipinski definition) is 3. The van der Waals surface area contributed by atoms with Gasteiger partial charge in [-0.25, -0.2) is 0 Å². The molecule has 2 rings (SSSR count). The molecule has 1 aromatic rings. The van der Waals surface area contributed by atoms with E-state index in [4.69, 9.17) is 16.3 Å². The Morgan fingerprint density at radius 3 is 2.83 bits per heavy atom. The summed E-state index contributed by atoms with van der Waals surface area (Å²) in [6.07, 6.45) is 0.587. The molecule has 0 aromatic heterocycles. The number of ether oxygens (including phenoxy) is 1. The molecule has 0 aliphatic carbocycles. The van der Waals surface area contributed by atoms with Crippen LogP contribution in [0.4, 0.5) is 0 Å². The molecule has 3 nitrogen and oxygen atoms in total. The van der Waals surface area contributed by atoms with Gasteiger partial charge < -0.3 is 10.1 Å². The Bertz CT molecular complexity index is 465. The van der Waals surface area contributed by atoms with Crippen molar-refractivity contribution in [3.05, 3.63) is 34.3 Å². The van der Waals surface area contributed by atoms with Crippen molar-refractivity contribution >= 4 is 17.6 Å². The minimum absolute atomic E-state index is 0.215. The largest absolute Gasteiger partial charge is 0.459 e. The van der Waals surface area contributed by atoms with Gasteiger partial charge in [0, 0.05) is 18.0 Å². The molecule has 18 heavy (non-hydrogen) atoms. The Kier molecular flexibility index (Phi) is 3.64. The third kappa shape index (κ3) is 3.03. The molecule has 0 bridgehead atoms. The molecular formula is C14H18ClNO2. The van der Waals surface area contributed by atoms with Crippen LogP contribution in [0.2, 0.25) is 5.02 Å². The average Bonchev–Trinajstić information content (AvgIpc) is 2.27. The molecule has 0 spiro atoms. The predicted molar refractivity (Wildman–Crippen MR) is 71.6 cm³/mol. The van der Waals surface area contributed by atoms with Gasteiger partial charge in [-0.1, -0.05) is 23.7 Å². The van der Waals surface area contributed by atoms with Gasteiger partial charge in [-0.15, -0.1) is 0 Å². The van der Waals surface area contributed by atoms with E-state index >= 15 is 0 Å². The third-order valence-electron chi connectivity index (χ3n) is 2.85. The minimum Gasteiger partial charge on any atom is -0.459 e. The highest BCUT2D eigenvalue weighted by Crippen LogP contribution is 2.25. The van der Waals surface area contributed by atoms with Gasteiger partial charge in [0.1, 0.15) is 11.6 Å². The van der Waals surface area contributed by atoms with Crippen LogP contribution < -0.4 is 5.32 Å². The first-order valence-electron chi connectivity index (χ1n) is 6.09. The number of nitrogens with one attached hydrogen (secondary N) is 1. The van der Waals surface area contributed by atoms with Crippen LogP contribution in [-0.2, 0) is 22.5 Å². The molecule has 4 heteroatoms. The van der Waals surface area contributed by atoms with E-state index in [1.807, 2.05) is 39.0 Å². The van der Waals surface area contributed by atoms with Crippen LogP contribution in [0.3, 0.4) is 0 Å². The fourth-order valence-corrected chi connectivity index (χ4v) is 2.32. The van der Waals surface area contributed by atoms with Gasteiger partial charge in [-0.05, 0) is 38.0 Å². The monoisotopic (exact) mass is 267 g/mol. The SMILES string of the molecule is CC(C)(C)OC(=O)[C@@H]1Cc2c(Cl)cccc2CN1. The zero-order valence-electron chi connectivity index (χ0n) is 10.9. The molecule has 0 saturated heterocycles. The molecule has 0 amide bonds. The second-order valence-electron chi connectivity index (χ2n) is 5.55. The first kappa shape index (κ1) is 13.4. The molecule has 1 aromatic carbocycles. The molecule has 0 unspecified atom stereocenters. The minimum atomic E-state index is -0.459. The summed E-state index contributed by atoms with van der Waals surface area (Å²) in [5.74, 6) is -0.215. The third-order valence-corrected chi connectivity index (χ3v) is 3.21. The molecule has 1 aliphatic heterocycles. The van der Waals surface area contributed by atoms with Crippen molar-refractivity contribution in [1.29, 1.82) is 0 Å². The van der Waals surface area contributed by atoms with Crippen LogP contribution in [0, 0.1) is 0 Å². The quantitative estimate of drug-likeness (QED) is 0.795. The zero-order chi connectivity index (χ0) is 13.3. The first-order chi connectivity index (χ1) is 8.37. The topological polar surface area (TPSA) is 38.3 Å². The van der Waals surface area contributed by atoms with E-state index in [2.05, 4.69) is 5.32 Å². The van der Waals surface area contributed by atoms with Gasteiger partial charge in [0.15, 0.2) is 0 Å². The average molecular weight is 268 g/mol. The number of benzene rings is 1. The van der Waals surface area contributed by atoms with Crippen LogP contribution in [-0.4, -0.2) is 17.6 Å². The zero-order valence-corrected chi connectivity index (χ0v) is 11.7. The van der Waals surface area contributed by atoms with E-state index in [1.54, 1.807) is 0 Å². The normalized spacial score (nSPS) is 19.2. The van der Waals surface area contributed by atoms with E-state index < -0.39 is 5.60 Å². The van der Waals surface area contributed by atoms with E-state index in [1.165, 1.54) is 0 Å². The van der Waals surface area contributed by atoms with Gasteiger partial charge in [0.2, 0.25) is 0 Å². The maximum Gasteiger partial charge on any atom is 0.324 e. The predicted octanol–water partition coefficient (Wildman–Crippen LogP) is 2.70. The lowest BCUT2D eigenvalue weighted by molar-refractivity contribution is -0.157. The Balaban J connectivity index is 2.12.